The molecule has 0 aliphatic carbocycles. The van der Waals surface area contributed by atoms with Crippen LogP contribution in [-0.2, 0) is 28.6 Å². The normalized spacial score (nSPS) is 10.8. The number of ether oxygens (including phenoxy) is 4. The van der Waals surface area contributed by atoms with E-state index in [-0.39, 0.29) is 30.9 Å². The summed E-state index contributed by atoms with van der Waals surface area (Å²) in [6.45, 7) is 1.28. The van der Waals surface area contributed by atoms with Crippen LogP contribution in [0.25, 0.3) is 0 Å². The van der Waals surface area contributed by atoms with Gasteiger partial charge in [-0.25, -0.2) is 9.59 Å². The van der Waals surface area contributed by atoms with Gasteiger partial charge >= 0.3 is 23.9 Å². The molecule has 10 nitrogen and oxygen atoms in total. The quantitative estimate of drug-likeness (QED) is 0.197. The predicted molar refractivity (Wildman–Crippen MR) is 106 cm³/mol. The lowest BCUT2D eigenvalue weighted by Gasteiger charge is -2.25. The second-order valence-electron chi connectivity index (χ2n) is 6.68. The Labute approximate surface area is 180 Å². The largest absolute Gasteiger partial charge is 0.465 e. The summed E-state index contributed by atoms with van der Waals surface area (Å²) in [4.78, 5) is 46.8. The van der Waals surface area contributed by atoms with Crippen molar-refractivity contribution in [2.24, 2.45) is 5.41 Å². The van der Waals surface area contributed by atoms with Crippen molar-refractivity contribution in [3.05, 3.63) is 29.8 Å². The lowest BCUT2D eigenvalue weighted by Crippen LogP contribution is -2.39. The van der Waals surface area contributed by atoms with E-state index in [1.54, 1.807) is 19.1 Å². The van der Waals surface area contributed by atoms with Crippen molar-refractivity contribution in [3.63, 3.8) is 0 Å². The molecule has 0 bridgehead atoms. The fourth-order valence-corrected chi connectivity index (χ4v) is 2.38. The average molecular weight is 440 g/mol. The van der Waals surface area contributed by atoms with Crippen LogP contribution in [0.15, 0.2) is 24.3 Å². The second kappa shape index (κ2) is 13.3. The lowest BCUT2D eigenvalue weighted by atomic mass is 9.87. The maximum absolute atomic E-state index is 12.1. The van der Waals surface area contributed by atoms with Crippen molar-refractivity contribution in [3.8, 4) is 5.75 Å². The van der Waals surface area contributed by atoms with Gasteiger partial charge in [-0.15, -0.1) is 0 Å². The van der Waals surface area contributed by atoms with Crippen LogP contribution in [0, 0.1) is 5.41 Å². The zero-order chi connectivity index (χ0) is 23.3. The molecule has 1 aromatic rings. The summed E-state index contributed by atoms with van der Waals surface area (Å²) in [7, 11) is 0. The molecule has 0 radical (unpaired) electrons. The minimum Gasteiger partial charge on any atom is -0.465 e. The maximum atomic E-state index is 12.1. The second-order valence-corrected chi connectivity index (χ2v) is 6.68. The van der Waals surface area contributed by atoms with E-state index in [4.69, 9.17) is 18.9 Å². The number of aliphatic hydroxyl groups excluding tert-OH is 2. The first-order valence-electron chi connectivity index (χ1n) is 9.78. The molecule has 0 unspecified atom stereocenters. The van der Waals surface area contributed by atoms with Gasteiger partial charge in [-0.1, -0.05) is 19.1 Å². The molecule has 0 fully saturated rings. The van der Waals surface area contributed by atoms with Gasteiger partial charge in [-0.3, -0.25) is 9.59 Å². The zero-order valence-electron chi connectivity index (χ0n) is 17.6. The Hall–Kier alpha value is -2.98. The highest BCUT2D eigenvalue weighted by atomic mass is 16.6. The van der Waals surface area contributed by atoms with Crippen molar-refractivity contribution in [2.45, 2.75) is 33.1 Å². The van der Waals surface area contributed by atoms with Crippen LogP contribution >= 0.6 is 0 Å². The summed E-state index contributed by atoms with van der Waals surface area (Å²) in [5, 5.41) is 18.6. The fraction of sp³-hybridized carbons (Fsp3) is 0.524. The number of hydrogen-bond donors (Lipinski definition) is 2. The summed E-state index contributed by atoms with van der Waals surface area (Å²) in [5.74, 6) is -2.86. The summed E-state index contributed by atoms with van der Waals surface area (Å²) < 4.78 is 19.8. The number of benzene rings is 1. The van der Waals surface area contributed by atoms with E-state index in [2.05, 4.69) is 0 Å². The summed E-state index contributed by atoms with van der Waals surface area (Å²) in [6.07, 6.45) is 1.02. The Kier molecular flexibility index (Phi) is 11.2. The van der Waals surface area contributed by atoms with Crippen LogP contribution < -0.4 is 4.74 Å². The number of carbonyl (C=O) groups excluding carboxylic acids is 4. The van der Waals surface area contributed by atoms with Gasteiger partial charge in [0.2, 0.25) is 0 Å². The van der Waals surface area contributed by atoms with Crippen LogP contribution in [0.3, 0.4) is 0 Å². The Balaban J connectivity index is 2.30. The first-order valence-corrected chi connectivity index (χ1v) is 9.78. The van der Waals surface area contributed by atoms with E-state index in [0.717, 1.165) is 0 Å². The van der Waals surface area contributed by atoms with Gasteiger partial charge in [0.25, 0.3) is 0 Å². The molecule has 0 aliphatic heterocycles. The smallest absolute Gasteiger partial charge is 0.344 e. The molecule has 0 amide bonds. The van der Waals surface area contributed by atoms with Gasteiger partial charge < -0.3 is 29.2 Å². The van der Waals surface area contributed by atoms with E-state index in [9.17, 15) is 29.4 Å². The number of aliphatic hydroxyl groups is 2. The molecule has 0 heterocycles. The van der Waals surface area contributed by atoms with Gasteiger partial charge in [0, 0.05) is 6.92 Å². The predicted octanol–water partition coefficient (Wildman–Crippen LogP) is 1.02. The van der Waals surface area contributed by atoms with Crippen molar-refractivity contribution >= 4 is 23.9 Å². The average Bonchev–Trinajstić information content (AvgIpc) is 2.76. The lowest BCUT2D eigenvalue weighted by molar-refractivity contribution is -0.162. The first-order chi connectivity index (χ1) is 14.8. The van der Waals surface area contributed by atoms with Gasteiger partial charge in [0.1, 0.15) is 16.7 Å². The first kappa shape index (κ1) is 26.1. The molecule has 2 N–H and O–H groups in total. The topological polar surface area (TPSA) is 146 Å². The zero-order valence-corrected chi connectivity index (χ0v) is 17.6. The fourth-order valence-electron chi connectivity index (χ4n) is 2.38. The third-order valence-corrected chi connectivity index (χ3v) is 4.43. The minimum atomic E-state index is -1.32. The highest BCUT2D eigenvalue weighted by Crippen LogP contribution is 2.22. The highest BCUT2D eigenvalue weighted by molar-refractivity contribution is 5.94. The van der Waals surface area contributed by atoms with Crippen LogP contribution in [0.4, 0.5) is 0 Å². The molecular formula is C21H28O10. The molecule has 0 atom stereocenters. The van der Waals surface area contributed by atoms with Crippen molar-refractivity contribution < 1.29 is 48.3 Å². The van der Waals surface area contributed by atoms with Crippen LogP contribution in [0.2, 0.25) is 0 Å². The maximum Gasteiger partial charge on any atom is 0.344 e. The summed E-state index contributed by atoms with van der Waals surface area (Å²) in [6, 6.07) is 5.96. The van der Waals surface area contributed by atoms with Gasteiger partial charge in [0.15, 0.2) is 6.61 Å². The van der Waals surface area contributed by atoms with Crippen molar-refractivity contribution in [1.29, 1.82) is 0 Å². The monoisotopic (exact) mass is 440 g/mol. The Morgan fingerprint density at radius 3 is 2.13 bits per heavy atom. The van der Waals surface area contributed by atoms with E-state index in [0.29, 0.717) is 12.8 Å². The number of para-hydroxylation sites is 1. The van der Waals surface area contributed by atoms with Crippen LogP contribution in [0.5, 0.6) is 5.75 Å². The Morgan fingerprint density at radius 2 is 1.55 bits per heavy atom. The number of rotatable bonds is 13. The molecule has 0 saturated heterocycles. The third-order valence-electron chi connectivity index (χ3n) is 4.43. The van der Waals surface area contributed by atoms with E-state index in [1.165, 1.54) is 19.1 Å². The van der Waals surface area contributed by atoms with Crippen LogP contribution in [0.1, 0.15) is 43.5 Å². The van der Waals surface area contributed by atoms with E-state index < -0.39 is 49.1 Å². The number of hydrogen-bond acceptors (Lipinski definition) is 10. The Morgan fingerprint density at radius 1 is 0.935 bits per heavy atom. The van der Waals surface area contributed by atoms with Gasteiger partial charge in [-0.2, -0.15) is 0 Å². The summed E-state index contributed by atoms with van der Waals surface area (Å²) in [5.41, 5.74) is -1.31. The number of carbonyl (C=O) groups is 4. The van der Waals surface area contributed by atoms with Crippen LogP contribution in [-0.4, -0.2) is 67.1 Å². The van der Waals surface area contributed by atoms with Crippen molar-refractivity contribution in [1.82, 2.24) is 0 Å². The molecule has 0 aliphatic rings. The molecule has 10 heteroatoms. The summed E-state index contributed by atoms with van der Waals surface area (Å²) >= 11 is 0. The molecule has 172 valence electrons. The molecule has 1 aromatic carbocycles. The molecular weight excluding hydrogens is 412 g/mol. The molecule has 0 spiro atoms. The Bertz CT molecular complexity index is 746. The molecule has 0 saturated carbocycles. The third kappa shape index (κ3) is 8.35. The highest BCUT2D eigenvalue weighted by Gasteiger charge is 2.37. The number of esters is 4. The van der Waals surface area contributed by atoms with E-state index in [1.807, 2.05) is 0 Å². The van der Waals surface area contributed by atoms with Gasteiger partial charge in [-0.05, 0) is 31.4 Å². The molecule has 0 aromatic heterocycles. The van der Waals surface area contributed by atoms with Gasteiger partial charge in [0.05, 0.1) is 26.4 Å². The SMILES string of the molecule is CCC(CO)(CO)C(=O)OCCCCOC(=O)COC(=O)c1ccccc1OC(C)=O. The standard InChI is InChI=1S/C21H28O10/c1-3-21(13-22,14-23)20(27)29-11-7-6-10-28-18(25)12-30-19(26)16-8-4-5-9-17(16)31-15(2)24/h4-5,8-9,22-23H,3,6-7,10-14H2,1-2H3. The van der Waals surface area contributed by atoms with E-state index >= 15 is 0 Å². The minimum absolute atomic E-state index is 0.00114. The molecule has 31 heavy (non-hydrogen) atoms. The van der Waals surface area contributed by atoms with Crippen molar-refractivity contribution in [2.75, 3.05) is 33.0 Å². The molecule has 1 rings (SSSR count). The number of unbranched alkanes of at least 4 members (excludes halogenated alkanes) is 1.